The van der Waals surface area contributed by atoms with Gasteiger partial charge in [-0.25, -0.2) is 0 Å². The molecule has 15 heavy (non-hydrogen) atoms. The monoisotopic (exact) mass is 212 g/mol. The summed E-state index contributed by atoms with van der Waals surface area (Å²) in [5.41, 5.74) is -0.921. The van der Waals surface area contributed by atoms with Gasteiger partial charge in [-0.1, -0.05) is 0 Å². The Morgan fingerprint density at radius 2 is 1.73 bits per heavy atom. The van der Waals surface area contributed by atoms with Gasteiger partial charge in [0.05, 0.1) is 16.0 Å². The van der Waals surface area contributed by atoms with Crippen LogP contribution in [0.15, 0.2) is 18.2 Å². The zero-order chi connectivity index (χ0) is 11.6. The van der Waals surface area contributed by atoms with E-state index in [-0.39, 0.29) is 5.56 Å². The fraction of sp³-hybridized carbons (Fsp3) is 0.250. The second-order valence-corrected chi connectivity index (χ2v) is 2.94. The standard InChI is InChI=1S/C8H8N2O5/c1-5(11)6-2-3-7(9(12)13)8(4-6)10(14)15/h2-5,11H,1H3. The molecule has 7 nitrogen and oxygen atoms in total. The molecule has 1 aromatic rings. The van der Waals surface area contributed by atoms with E-state index < -0.39 is 27.3 Å². The highest BCUT2D eigenvalue weighted by Gasteiger charge is 2.24. The van der Waals surface area contributed by atoms with Crippen LogP contribution in [-0.4, -0.2) is 15.0 Å². The summed E-state index contributed by atoms with van der Waals surface area (Å²) in [5, 5.41) is 30.1. The molecule has 1 rings (SSSR count). The average molecular weight is 212 g/mol. The topological polar surface area (TPSA) is 107 Å². The quantitative estimate of drug-likeness (QED) is 0.604. The van der Waals surface area contributed by atoms with Crippen molar-refractivity contribution >= 4 is 11.4 Å². The molecule has 1 aromatic carbocycles. The maximum absolute atomic E-state index is 10.5. The molecular formula is C8H8N2O5. The maximum Gasteiger partial charge on any atom is 0.346 e. The Hall–Kier alpha value is -2.02. The normalized spacial score (nSPS) is 12.1. The van der Waals surface area contributed by atoms with Gasteiger partial charge in [0, 0.05) is 12.1 Å². The zero-order valence-electron chi connectivity index (χ0n) is 7.78. The van der Waals surface area contributed by atoms with Crippen molar-refractivity contribution in [1.82, 2.24) is 0 Å². The number of aliphatic hydroxyl groups is 1. The Morgan fingerprint density at radius 3 is 2.13 bits per heavy atom. The molecule has 7 heteroatoms. The molecule has 0 aliphatic rings. The number of hydrogen-bond donors (Lipinski definition) is 1. The molecule has 0 bridgehead atoms. The molecule has 0 saturated heterocycles. The fourth-order valence-corrected chi connectivity index (χ4v) is 1.10. The molecule has 1 N–H and O–H groups in total. The Kier molecular flexibility index (Phi) is 2.96. The molecule has 0 aliphatic carbocycles. The highest BCUT2D eigenvalue weighted by atomic mass is 16.6. The van der Waals surface area contributed by atoms with Gasteiger partial charge in [0.25, 0.3) is 0 Å². The molecular weight excluding hydrogens is 204 g/mol. The Labute approximate surface area is 84.3 Å². The van der Waals surface area contributed by atoms with E-state index in [4.69, 9.17) is 5.11 Å². The van der Waals surface area contributed by atoms with Crippen LogP contribution in [0.4, 0.5) is 11.4 Å². The fourth-order valence-electron chi connectivity index (χ4n) is 1.10. The lowest BCUT2D eigenvalue weighted by Crippen LogP contribution is -1.99. The summed E-state index contributed by atoms with van der Waals surface area (Å²) in [4.78, 5) is 19.3. The van der Waals surface area contributed by atoms with Crippen molar-refractivity contribution < 1.29 is 15.0 Å². The van der Waals surface area contributed by atoms with E-state index in [1.807, 2.05) is 0 Å². The van der Waals surface area contributed by atoms with Gasteiger partial charge in [-0.05, 0) is 18.6 Å². The van der Waals surface area contributed by atoms with E-state index in [0.717, 1.165) is 12.1 Å². The molecule has 0 aliphatic heterocycles. The molecule has 0 aromatic heterocycles. The van der Waals surface area contributed by atoms with Crippen LogP contribution < -0.4 is 0 Å². The third-order valence-corrected chi connectivity index (χ3v) is 1.88. The minimum Gasteiger partial charge on any atom is -0.389 e. The third-order valence-electron chi connectivity index (χ3n) is 1.88. The lowest BCUT2D eigenvalue weighted by molar-refractivity contribution is -0.422. The van der Waals surface area contributed by atoms with E-state index in [9.17, 15) is 20.2 Å². The first kappa shape index (κ1) is 11.1. The van der Waals surface area contributed by atoms with Crippen molar-refractivity contribution in [2.75, 3.05) is 0 Å². The Balaban J connectivity index is 3.33. The smallest absolute Gasteiger partial charge is 0.346 e. The summed E-state index contributed by atoms with van der Waals surface area (Å²) in [6.07, 6.45) is -0.899. The van der Waals surface area contributed by atoms with Crippen molar-refractivity contribution in [1.29, 1.82) is 0 Å². The predicted octanol–water partition coefficient (Wildman–Crippen LogP) is 1.56. The van der Waals surface area contributed by atoms with Crippen molar-refractivity contribution in [2.24, 2.45) is 0 Å². The van der Waals surface area contributed by atoms with Gasteiger partial charge in [-0.2, -0.15) is 0 Å². The lowest BCUT2D eigenvalue weighted by atomic mass is 10.1. The van der Waals surface area contributed by atoms with Crippen molar-refractivity contribution in [3.8, 4) is 0 Å². The lowest BCUT2D eigenvalue weighted by Gasteiger charge is -2.03. The van der Waals surface area contributed by atoms with Crippen molar-refractivity contribution in [2.45, 2.75) is 13.0 Å². The summed E-state index contributed by atoms with van der Waals surface area (Å²) in [7, 11) is 0. The van der Waals surface area contributed by atoms with E-state index >= 15 is 0 Å². The first-order valence-corrected chi connectivity index (χ1v) is 4.04. The molecule has 0 amide bonds. The van der Waals surface area contributed by atoms with Crippen LogP contribution in [0.5, 0.6) is 0 Å². The van der Waals surface area contributed by atoms with Gasteiger partial charge in [0.2, 0.25) is 0 Å². The van der Waals surface area contributed by atoms with Crippen LogP contribution in [0.3, 0.4) is 0 Å². The molecule has 80 valence electrons. The Morgan fingerprint density at radius 1 is 1.20 bits per heavy atom. The summed E-state index contributed by atoms with van der Waals surface area (Å²) in [6, 6.07) is 3.30. The molecule has 0 heterocycles. The van der Waals surface area contributed by atoms with Crippen molar-refractivity contribution in [3.63, 3.8) is 0 Å². The van der Waals surface area contributed by atoms with E-state index in [2.05, 4.69) is 0 Å². The number of nitro benzene ring substituents is 2. The maximum atomic E-state index is 10.5. The number of hydrogen-bond acceptors (Lipinski definition) is 5. The first-order chi connectivity index (χ1) is 6.93. The number of benzene rings is 1. The second-order valence-electron chi connectivity index (χ2n) is 2.94. The summed E-state index contributed by atoms with van der Waals surface area (Å²) in [5.74, 6) is 0. The van der Waals surface area contributed by atoms with Gasteiger partial charge >= 0.3 is 11.4 Å². The molecule has 1 unspecified atom stereocenters. The minimum absolute atomic E-state index is 0.271. The van der Waals surface area contributed by atoms with Crippen LogP contribution in [0.25, 0.3) is 0 Å². The average Bonchev–Trinajstić information content (AvgIpc) is 2.16. The summed E-state index contributed by atoms with van der Waals surface area (Å²) in [6.45, 7) is 1.42. The summed E-state index contributed by atoms with van der Waals surface area (Å²) < 4.78 is 0. The molecule has 1 atom stereocenters. The van der Waals surface area contributed by atoms with Crippen LogP contribution in [0.2, 0.25) is 0 Å². The van der Waals surface area contributed by atoms with Crippen LogP contribution in [-0.2, 0) is 0 Å². The van der Waals surface area contributed by atoms with Crippen molar-refractivity contribution in [3.05, 3.63) is 44.0 Å². The molecule has 0 radical (unpaired) electrons. The van der Waals surface area contributed by atoms with Gasteiger partial charge in [0.1, 0.15) is 0 Å². The summed E-state index contributed by atoms with van der Waals surface area (Å²) >= 11 is 0. The highest BCUT2D eigenvalue weighted by Crippen LogP contribution is 2.29. The van der Waals surface area contributed by atoms with E-state index in [0.29, 0.717) is 0 Å². The number of rotatable bonds is 3. The third kappa shape index (κ3) is 2.26. The van der Waals surface area contributed by atoms with Gasteiger partial charge < -0.3 is 5.11 Å². The first-order valence-electron chi connectivity index (χ1n) is 4.04. The zero-order valence-corrected chi connectivity index (χ0v) is 7.78. The molecule has 0 fully saturated rings. The SMILES string of the molecule is CC(O)c1ccc([N+](=O)[O-])c([N+](=O)[O-])c1. The van der Waals surface area contributed by atoms with Gasteiger partial charge in [-0.3, -0.25) is 20.2 Å². The van der Waals surface area contributed by atoms with E-state index in [1.54, 1.807) is 0 Å². The minimum atomic E-state index is -0.899. The van der Waals surface area contributed by atoms with Crippen LogP contribution >= 0.6 is 0 Å². The highest BCUT2D eigenvalue weighted by molar-refractivity contribution is 5.54. The largest absolute Gasteiger partial charge is 0.389 e. The van der Waals surface area contributed by atoms with E-state index in [1.165, 1.54) is 13.0 Å². The van der Waals surface area contributed by atoms with Crippen LogP contribution in [0, 0.1) is 20.2 Å². The predicted molar refractivity (Wildman–Crippen MR) is 50.4 cm³/mol. The van der Waals surface area contributed by atoms with Gasteiger partial charge in [0.15, 0.2) is 0 Å². The number of nitrogens with zero attached hydrogens (tertiary/aromatic N) is 2. The number of aliphatic hydroxyl groups excluding tert-OH is 1. The number of nitro groups is 2. The van der Waals surface area contributed by atoms with Gasteiger partial charge in [-0.15, -0.1) is 0 Å². The Bertz CT molecular complexity index is 415. The van der Waals surface area contributed by atoms with Crippen LogP contribution in [0.1, 0.15) is 18.6 Å². The molecule has 0 saturated carbocycles. The molecule has 0 spiro atoms. The second kappa shape index (κ2) is 4.01.